The van der Waals surface area contributed by atoms with Crippen molar-refractivity contribution in [2.24, 2.45) is 0 Å². The summed E-state index contributed by atoms with van der Waals surface area (Å²) in [6.45, 7) is 2.57. The molecule has 5 rings (SSSR count). The molecule has 3 aromatic rings. The zero-order valence-corrected chi connectivity index (χ0v) is 16.7. The second-order valence-electron chi connectivity index (χ2n) is 7.78. The molecule has 0 atom stereocenters. The Labute approximate surface area is 171 Å². The van der Waals surface area contributed by atoms with Crippen LogP contribution in [0, 0.1) is 11.6 Å². The van der Waals surface area contributed by atoms with E-state index in [2.05, 4.69) is 9.88 Å². The molecule has 1 saturated heterocycles. The van der Waals surface area contributed by atoms with Crippen molar-refractivity contribution in [1.29, 1.82) is 0 Å². The van der Waals surface area contributed by atoms with Gasteiger partial charge in [0.1, 0.15) is 11.6 Å². The number of thiazole rings is 1. The number of aromatic nitrogens is 1. The molecule has 0 spiro atoms. The number of amides is 1. The second-order valence-corrected chi connectivity index (χ2v) is 8.79. The van der Waals surface area contributed by atoms with Gasteiger partial charge in [-0.2, -0.15) is 0 Å². The van der Waals surface area contributed by atoms with Crippen LogP contribution in [-0.2, 0) is 11.2 Å². The zero-order chi connectivity index (χ0) is 20.0. The number of anilines is 1. The van der Waals surface area contributed by atoms with Crippen molar-refractivity contribution < 1.29 is 13.6 Å². The number of benzene rings is 2. The highest BCUT2D eigenvalue weighted by molar-refractivity contribution is 7.22. The average molecular weight is 413 g/mol. The Balaban J connectivity index is 1.20. The molecule has 2 aliphatic rings. The highest BCUT2D eigenvalue weighted by Crippen LogP contribution is 2.41. The molecule has 1 aliphatic heterocycles. The topological polar surface area (TPSA) is 36.4 Å². The van der Waals surface area contributed by atoms with Crippen LogP contribution in [0.1, 0.15) is 29.9 Å². The standard InChI is InChI=1S/C22H21F2N3OS/c23-16-4-6-19-20(13-16)29-22(25-19)27-9-7-26(8-10-27)21(28)12-14-1-5-17(15-2-3-15)18(24)11-14/h1,4-6,11,13,15H,2-3,7-10,12H2. The van der Waals surface area contributed by atoms with Crippen molar-refractivity contribution in [2.45, 2.75) is 25.2 Å². The summed E-state index contributed by atoms with van der Waals surface area (Å²) in [6.07, 6.45) is 2.34. The minimum atomic E-state index is -0.260. The number of hydrogen-bond donors (Lipinski definition) is 0. The molecule has 1 aliphatic carbocycles. The number of hydrogen-bond acceptors (Lipinski definition) is 4. The van der Waals surface area contributed by atoms with Gasteiger partial charge in [-0.25, -0.2) is 13.8 Å². The maximum atomic E-state index is 14.2. The maximum absolute atomic E-state index is 14.2. The van der Waals surface area contributed by atoms with Crippen molar-refractivity contribution in [3.05, 3.63) is 59.2 Å². The minimum absolute atomic E-state index is 0.0228. The Hall–Kier alpha value is -2.54. The number of nitrogens with zero attached hydrogens (tertiary/aromatic N) is 3. The number of piperazine rings is 1. The molecule has 7 heteroatoms. The normalized spacial score (nSPS) is 17.2. The minimum Gasteiger partial charge on any atom is -0.345 e. The number of rotatable bonds is 4. The Bertz CT molecular complexity index is 1070. The van der Waals surface area contributed by atoms with Crippen LogP contribution >= 0.6 is 11.3 Å². The molecular weight excluding hydrogens is 392 g/mol. The first kappa shape index (κ1) is 18.5. The van der Waals surface area contributed by atoms with E-state index in [1.54, 1.807) is 6.07 Å². The molecule has 150 valence electrons. The van der Waals surface area contributed by atoms with E-state index < -0.39 is 0 Å². The summed E-state index contributed by atoms with van der Waals surface area (Å²) >= 11 is 1.47. The van der Waals surface area contributed by atoms with Gasteiger partial charge in [0, 0.05) is 26.2 Å². The van der Waals surface area contributed by atoms with Crippen LogP contribution in [0.5, 0.6) is 0 Å². The Morgan fingerprint density at radius 3 is 2.59 bits per heavy atom. The van der Waals surface area contributed by atoms with Crippen LogP contribution in [0.4, 0.5) is 13.9 Å². The van der Waals surface area contributed by atoms with Crippen molar-refractivity contribution >= 4 is 32.6 Å². The average Bonchev–Trinajstić information content (AvgIpc) is 3.46. The Morgan fingerprint density at radius 2 is 1.86 bits per heavy atom. The predicted molar refractivity (Wildman–Crippen MR) is 110 cm³/mol. The lowest BCUT2D eigenvalue weighted by Gasteiger charge is -2.34. The van der Waals surface area contributed by atoms with Crippen molar-refractivity contribution in [3.63, 3.8) is 0 Å². The summed E-state index contributed by atoms with van der Waals surface area (Å²) in [5.41, 5.74) is 2.31. The quantitative estimate of drug-likeness (QED) is 0.638. The lowest BCUT2D eigenvalue weighted by atomic mass is 10.0. The number of fused-ring (bicyclic) bond motifs is 1. The van der Waals surface area contributed by atoms with E-state index in [1.807, 2.05) is 17.0 Å². The van der Waals surface area contributed by atoms with E-state index in [9.17, 15) is 13.6 Å². The fourth-order valence-corrected chi connectivity index (χ4v) is 4.90. The van der Waals surface area contributed by atoms with Gasteiger partial charge >= 0.3 is 0 Å². The SMILES string of the molecule is O=C(Cc1ccc(C2CC2)c(F)c1)N1CCN(c2nc3ccc(F)cc3s2)CC1. The van der Waals surface area contributed by atoms with Crippen molar-refractivity contribution in [3.8, 4) is 0 Å². The molecular formula is C22H21F2N3OS. The molecule has 2 fully saturated rings. The second kappa shape index (κ2) is 7.37. The molecule has 2 aromatic carbocycles. The highest BCUT2D eigenvalue weighted by atomic mass is 32.1. The van der Waals surface area contributed by atoms with Gasteiger partial charge in [0.25, 0.3) is 0 Å². The molecule has 0 radical (unpaired) electrons. The number of carbonyl (C=O) groups excluding carboxylic acids is 1. The molecule has 1 saturated carbocycles. The van der Waals surface area contributed by atoms with Crippen LogP contribution < -0.4 is 4.90 Å². The van der Waals surface area contributed by atoms with E-state index in [1.165, 1.54) is 29.5 Å². The summed E-state index contributed by atoms with van der Waals surface area (Å²) in [4.78, 5) is 21.2. The summed E-state index contributed by atoms with van der Waals surface area (Å²) < 4.78 is 28.4. The summed E-state index contributed by atoms with van der Waals surface area (Å²) in [6, 6.07) is 9.85. The van der Waals surface area contributed by atoms with Gasteiger partial charge in [-0.3, -0.25) is 4.79 Å². The molecule has 1 aromatic heterocycles. The summed E-state index contributed by atoms with van der Waals surface area (Å²) in [5.74, 6) is -0.0546. The van der Waals surface area contributed by atoms with E-state index >= 15 is 0 Å². The third kappa shape index (κ3) is 3.83. The smallest absolute Gasteiger partial charge is 0.227 e. The highest BCUT2D eigenvalue weighted by Gasteiger charge is 2.27. The van der Waals surface area contributed by atoms with Crippen LogP contribution in [0.3, 0.4) is 0 Å². The van der Waals surface area contributed by atoms with E-state index in [-0.39, 0.29) is 24.0 Å². The predicted octanol–water partition coefficient (Wildman–Crippen LogP) is 4.34. The molecule has 0 bridgehead atoms. The van der Waals surface area contributed by atoms with Crippen LogP contribution in [0.25, 0.3) is 10.2 Å². The fraction of sp³-hybridized carbons (Fsp3) is 0.364. The van der Waals surface area contributed by atoms with Gasteiger partial charge in [0.15, 0.2) is 5.13 Å². The van der Waals surface area contributed by atoms with E-state index in [4.69, 9.17) is 0 Å². The maximum Gasteiger partial charge on any atom is 0.227 e. The Kier molecular flexibility index (Phi) is 4.70. The third-order valence-corrected chi connectivity index (χ3v) is 6.76. The third-order valence-electron chi connectivity index (χ3n) is 5.68. The lowest BCUT2D eigenvalue weighted by Crippen LogP contribution is -2.49. The number of carbonyl (C=O) groups is 1. The van der Waals surface area contributed by atoms with Gasteiger partial charge in [-0.15, -0.1) is 0 Å². The molecule has 2 heterocycles. The van der Waals surface area contributed by atoms with Gasteiger partial charge in [0.2, 0.25) is 5.91 Å². The molecule has 1 amide bonds. The molecule has 0 unspecified atom stereocenters. The number of halogens is 2. The van der Waals surface area contributed by atoms with Gasteiger partial charge in [-0.1, -0.05) is 23.5 Å². The van der Waals surface area contributed by atoms with Crippen LogP contribution in [0.2, 0.25) is 0 Å². The van der Waals surface area contributed by atoms with E-state index in [0.717, 1.165) is 39.3 Å². The van der Waals surface area contributed by atoms with Gasteiger partial charge < -0.3 is 9.80 Å². The largest absolute Gasteiger partial charge is 0.345 e. The lowest BCUT2D eigenvalue weighted by molar-refractivity contribution is -0.130. The van der Waals surface area contributed by atoms with Crippen LogP contribution in [0.15, 0.2) is 36.4 Å². The molecule has 4 nitrogen and oxygen atoms in total. The van der Waals surface area contributed by atoms with Crippen molar-refractivity contribution in [2.75, 3.05) is 31.1 Å². The van der Waals surface area contributed by atoms with E-state index in [0.29, 0.717) is 32.1 Å². The molecule has 29 heavy (non-hydrogen) atoms. The first-order valence-corrected chi connectivity index (χ1v) is 10.8. The monoisotopic (exact) mass is 413 g/mol. The summed E-state index contributed by atoms with van der Waals surface area (Å²) in [7, 11) is 0. The first-order valence-electron chi connectivity index (χ1n) is 9.94. The van der Waals surface area contributed by atoms with Gasteiger partial charge in [0.05, 0.1) is 16.6 Å². The Morgan fingerprint density at radius 1 is 1.07 bits per heavy atom. The first-order chi connectivity index (χ1) is 14.1. The van der Waals surface area contributed by atoms with Crippen molar-refractivity contribution in [1.82, 2.24) is 9.88 Å². The zero-order valence-electron chi connectivity index (χ0n) is 15.9. The summed E-state index contributed by atoms with van der Waals surface area (Å²) in [5, 5.41) is 0.857. The fourth-order valence-electron chi connectivity index (χ4n) is 3.86. The molecule has 0 N–H and O–H groups in total. The van der Waals surface area contributed by atoms with Crippen LogP contribution in [-0.4, -0.2) is 42.0 Å². The van der Waals surface area contributed by atoms with Gasteiger partial charge in [-0.05, 0) is 54.2 Å².